The molecule has 7 nitrogen and oxygen atoms in total. The maximum atomic E-state index is 12.8. The van der Waals surface area contributed by atoms with Gasteiger partial charge in [-0.1, -0.05) is 41.7 Å². The number of anilines is 2. The molecule has 0 unspecified atom stereocenters. The van der Waals surface area contributed by atoms with Crippen LogP contribution < -0.4 is 14.8 Å². The van der Waals surface area contributed by atoms with E-state index < -0.39 is 10.0 Å². The van der Waals surface area contributed by atoms with Gasteiger partial charge in [-0.05, 0) is 55.8 Å². The summed E-state index contributed by atoms with van der Waals surface area (Å²) < 4.78 is 34.0. The molecule has 0 atom stereocenters. The topological polar surface area (TPSA) is 97.4 Å². The highest BCUT2D eigenvalue weighted by Gasteiger charge is 2.18. The highest BCUT2D eigenvalue weighted by molar-refractivity contribution is 7.93. The normalized spacial score (nSPS) is 11.3. The van der Waals surface area contributed by atoms with Gasteiger partial charge in [-0.15, -0.1) is 0 Å². The third-order valence-electron chi connectivity index (χ3n) is 4.65. The first-order chi connectivity index (χ1) is 15.4. The summed E-state index contributed by atoms with van der Waals surface area (Å²) in [6, 6.07) is 18.8. The van der Waals surface area contributed by atoms with E-state index in [0.717, 1.165) is 10.3 Å². The number of amides is 1. The van der Waals surface area contributed by atoms with Crippen molar-refractivity contribution in [2.24, 2.45) is 0 Å². The molecule has 3 aromatic carbocycles. The molecule has 2 N–H and O–H groups in total. The molecular formula is C23H21N3O4S2. The number of carbonyl (C=O) groups is 1. The Morgan fingerprint density at radius 3 is 2.53 bits per heavy atom. The summed E-state index contributed by atoms with van der Waals surface area (Å²) in [5, 5.41) is 3.16. The van der Waals surface area contributed by atoms with E-state index in [4.69, 9.17) is 4.74 Å². The first-order valence-corrected chi connectivity index (χ1v) is 12.2. The molecule has 1 amide bonds. The van der Waals surface area contributed by atoms with Gasteiger partial charge in [-0.25, -0.2) is 13.4 Å². The fraction of sp³-hybridized carbons (Fsp3) is 0.130. The van der Waals surface area contributed by atoms with Crippen molar-refractivity contribution in [2.75, 3.05) is 16.6 Å². The second kappa shape index (κ2) is 8.97. The molecule has 1 heterocycles. The number of fused-ring (bicyclic) bond motifs is 1. The molecule has 0 aliphatic carbocycles. The highest BCUT2D eigenvalue weighted by Crippen LogP contribution is 2.32. The smallest absolute Gasteiger partial charge is 0.263 e. The lowest BCUT2D eigenvalue weighted by atomic mass is 10.1. The number of para-hydroxylation sites is 1. The van der Waals surface area contributed by atoms with Crippen molar-refractivity contribution in [3.63, 3.8) is 0 Å². The van der Waals surface area contributed by atoms with Gasteiger partial charge in [0, 0.05) is 5.69 Å². The third kappa shape index (κ3) is 4.58. The number of nitrogens with one attached hydrogen (secondary N) is 2. The molecule has 0 saturated heterocycles. The summed E-state index contributed by atoms with van der Waals surface area (Å²) in [4.78, 5) is 17.4. The lowest BCUT2D eigenvalue weighted by Gasteiger charge is -2.11. The van der Waals surface area contributed by atoms with Gasteiger partial charge in [0.05, 0.1) is 27.3 Å². The van der Waals surface area contributed by atoms with Crippen LogP contribution in [0.15, 0.2) is 71.6 Å². The monoisotopic (exact) mass is 467 g/mol. The van der Waals surface area contributed by atoms with Gasteiger partial charge in [-0.3, -0.25) is 9.52 Å². The van der Waals surface area contributed by atoms with Crippen LogP contribution in [-0.2, 0) is 10.0 Å². The van der Waals surface area contributed by atoms with Gasteiger partial charge in [0.25, 0.3) is 15.9 Å². The lowest BCUT2D eigenvalue weighted by Crippen LogP contribution is -2.13. The van der Waals surface area contributed by atoms with Crippen molar-refractivity contribution >= 4 is 48.3 Å². The number of sulfonamides is 1. The molecule has 4 rings (SSSR count). The van der Waals surface area contributed by atoms with Gasteiger partial charge in [-0.2, -0.15) is 0 Å². The van der Waals surface area contributed by atoms with Crippen LogP contribution in [0.2, 0.25) is 0 Å². The van der Waals surface area contributed by atoms with Crippen LogP contribution in [0.4, 0.5) is 10.8 Å². The number of hydrogen-bond donors (Lipinski definition) is 2. The van der Waals surface area contributed by atoms with Crippen LogP contribution in [0.1, 0.15) is 22.8 Å². The van der Waals surface area contributed by atoms with E-state index in [0.29, 0.717) is 29.1 Å². The van der Waals surface area contributed by atoms with Crippen molar-refractivity contribution in [2.45, 2.75) is 18.7 Å². The number of nitrogens with zero attached hydrogens (tertiary/aromatic N) is 1. The Bertz CT molecular complexity index is 1380. The lowest BCUT2D eigenvalue weighted by molar-refractivity contribution is 0.102. The van der Waals surface area contributed by atoms with Crippen LogP contribution in [0, 0.1) is 6.92 Å². The molecule has 0 radical (unpaired) electrons. The van der Waals surface area contributed by atoms with E-state index in [1.165, 1.54) is 23.5 Å². The largest absolute Gasteiger partial charge is 0.493 e. The SMILES string of the molecule is CCOc1ccccc1C(=O)Nc1cc(C)c2nc(NS(=O)(=O)c3ccccc3)sc2c1. The summed E-state index contributed by atoms with van der Waals surface area (Å²) in [5.41, 5.74) is 2.52. The van der Waals surface area contributed by atoms with Crippen LogP contribution in [0.3, 0.4) is 0 Å². The Morgan fingerprint density at radius 1 is 1.06 bits per heavy atom. The maximum absolute atomic E-state index is 12.8. The van der Waals surface area contributed by atoms with Gasteiger partial charge in [0.15, 0.2) is 5.13 Å². The fourth-order valence-corrected chi connectivity index (χ4v) is 5.46. The average Bonchev–Trinajstić information content (AvgIpc) is 3.17. The Morgan fingerprint density at radius 2 is 1.78 bits per heavy atom. The van der Waals surface area contributed by atoms with E-state index in [1.54, 1.807) is 48.5 Å². The maximum Gasteiger partial charge on any atom is 0.263 e. The van der Waals surface area contributed by atoms with E-state index >= 15 is 0 Å². The van der Waals surface area contributed by atoms with Gasteiger partial charge in [0.2, 0.25) is 0 Å². The standard InChI is InChI=1S/C23H21N3O4S2/c1-3-30-19-12-8-7-11-18(19)22(27)24-16-13-15(2)21-20(14-16)31-23(25-21)26-32(28,29)17-9-5-4-6-10-17/h4-14H,3H2,1-2H3,(H,24,27)(H,25,26). The van der Waals surface area contributed by atoms with Gasteiger partial charge >= 0.3 is 0 Å². The van der Waals surface area contributed by atoms with E-state index in [1.807, 2.05) is 19.9 Å². The molecule has 0 aliphatic rings. The van der Waals surface area contributed by atoms with Crippen LogP contribution >= 0.6 is 11.3 Å². The van der Waals surface area contributed by atoms with Gasteiger partial charge in [0.1, 0.15) is 5.75 Å². The first-order valence-electron chi connectivity index (χ1n) is 9.89. The number of aromatic nitrogens is 1. The number of ether oxygens (including phenoxy) is 1. The Balaban J connectivity index is 1.60. The van der Waals surface area contributed by atoms with Crippen molar-refractivity contribution < 1.29 is 17.9 Å². The van der Waals surface area contributed by atoms with E-state index in [2.05, 4.69) is 15.0 Å². The van der Waals surface area contributed by atoms with Crippen molar-refractivity contribution in [1.82, 2.24) is 4.98 Å². The molecule has 0 spiro atoms. The summed E-state index contributed by atoms with van der Waals surface area (Å²) in [7, 11) is -3.73. The number of aryl methyl sites for hydroxylation is 1. The fourth-order valence-electron chi connectivity index (χ4n) is 3.22. The van der Waals surface area contributed by atoms with Crippen molar-refractivity contribution in [3.05, 3.63) is 77.9 Å². The minimum atomic E-state index is -3.73. The van der Waals surface area contributed by atoms with Crippen LogP contribution in [-0.4, -0.2) is 25.9 Å². The molecule has 32 heavy (non-hydrogen) atoms. The minimum Gasteiger partial charge on any atom is -0.493 e. The number of hydrogen-bond acceptors (Lipinski definition) is 6. The van der Waals surface area contributed by atoms with Crippen molar-refractivity contribution in [1.29, 1.82) is 0 Å². The first kappa shape index (κ1) is 21.8. The Hall–Kier alpha value is -3.43. The second-order valence-corrected chi connectivity index (χ2v) is 9.67. The third-order valence-corrected chi connectivity index (χ3v) is 7.05. The summed E-state index contributed by atoms with van der Waals surface area (Å²) in [6.07, 6.45) is 0. The van der Waals surface area contributed by atoms with Crippen molar-refractivity contribution in [3.8, 4) is 5.75 Å². The number of carbonyl (C=O) groups excluding carboxylic acids is 1. The second-order valence-electron chi connectivity index (χ2n) is 6.96. The minimum absolute atomic E-state index is 0.164. The zero-order valence-electron chi connectivity index (χ0n) is 17.5. The molecule has 0 bridgehead atoms. The molecule has 4 aromatic rings. The molecule has 1 aromatic heterocycles. The quantitative estimate of drug-likeness (QED) is 0.396. The Labute approximate surface area is 190 Å². The summed E-state index contributed by atoms with van der Waals surface area (Å²) in [5.74, 6) is 0.225. The molecule has 0 fully saturated rings. The number of rotatable bonds is 7. The predicted molar refractivity (Wildman–Crippen MR) is 127 cm³/mol. The molecule has 9 heteroatoms. The zero-order valence-corrected chi connectivity index (χ0v) is 19.1. The Kier molecular flexibility index (Phi) is 6.11. The average molecular weight is 468 g/mol. The molecule has 0 aliphatic heterocycles. The number of benzene rings is 3. The molecule has 164 valence electrons. The zero-order chi connectivity index (χ0) is 22.7. The summed E-state index contributed by atoms with van der Waals surface area (Å²) in [6.45, 7) is 4.18. The van der Waals surface area contributed by atoms with E-state index in [-0.39, 0.29) is 15.9 Å². The molecular weight excluding hydrogens is 446 g/mol. The highest BCUT2D eigenvalue weighted by atomic mass is 32.2. The number of thiazole rings is 1. The van der Waals surface area contributed by atoms with Crippen LogP contribution in [0.25, 0.3) is 10.2 Å². The van der Waals surface area contributed by atoms with E-state index in [9.17, 15) is 13.2 Å². The van der Waals surface area contributed by atoms with Gasteiger partial charge < -0.3 is 10.1 Å². The summed E-state index contributed by atoms with van der Waals surface area (Å²) >= 11 is 1.20. The van der Waals surface area contributed by atoms with Crippen LogP contribution in [0.5, 0.6) is 5.75 Å². The molecule has 0 saturated carbocycles. The predicted octanol–water partition coefficient (Wildman–Crippen LogP) is 5.06.